The van der Waals surface area contributed by atoms with Crippen LogP contribution in [0.1, 0.15) is 296 Å². The van der Waals surface area contributed by atoms with E-state index in [-0.39, 0.29) is 19.1 Å². The Kier molecular flexibility index (Phi) is 51.6. The minimum atomic E-state index is -4.32. The second-order valence-electron chi connectivity index (χ2n) is 22.1. The van der Waals surface area contributed by atoms with E-state index < -0.39 is 20.0 Å². The van der Waals surface area contributed by atoms with Gasteiger partial charge < -0.3 is 19.8 Å². The zero-order valence-corrected chi connectivity index (χ0v) is 48.2. The minimum absolute atomic E-state index is 0.0764. The van der Waals surface area contributed by atoms with Crippen LogP contribution in [0.2, 0.25) is 0 Å². The van der Waals surface area contributed by atoms with Gasteiger partial charge >= 0.3 is 7.82 Å². The number of aliphatic hydroxyl groups is 1. The van der Waals surface area contributed by atoms with Crippen LogP contribution in [0.15, 0.2) is 36.5 Å². The smallest absolute Gasteiger partial charge is 0.391 e. The van der Waals surface area contributed by atoms with Crippen molar-refractivity contribution in [1.82, 2.24) is 5.32 Å². The lowest BCUT2D eigenvalue weighted by atomic mass is 10.0. The Balaban J connectivity index is 3.93. The molecule has 0 rings (SSSR count). The molecule has 3 N–H and O–H groups in total. The van der Waals surface area contributed by atoms with Gasteiger partial charge in [0.05, 0.1) is 39.9 Å². The molecule has 9 heteroatoms. The quantitative estimate of drug-likeness (QED) is 0.0243. The van der Waals surface area contributed by atoms with Crippen LogP contribution >= 0.6 is 7.82 Å². The SMILES string of the molecule is CCCCCCC/C=C\C/C=C\C/C=C\CCCCCCCCCCCCCCCCCCCCCCC(=O)NC(COP(=O)(O)OCC[N+](C)(C)C)C(O)CCCCCCCCCCCCCCC. The van der Waals surface area contributed by atoms with Crippen molar-refractivity contribution in [1.29, 1.82) is 0 Å². The Morgan fingerprint density at radius 3 is 1.19 bits per heavy atom. The summed E-state index contributed by atoms with van der Waals surface area (Å²) in [6.07, 6.45) is 67.9. The number of carbonyl (C=O) groups is 1. The molecule has 0 aromatic rings. The third-order valence-corrected chi connectivity index (χ3v) is 14.9. The van der Waals surface area contributed by atoms with Crippen molar-refractivity contribution in [2.24, 2.45) is 0 Å². The topological polar surface area (TPSA) is 105 Å². The number of quaternary nitrogens is 1. The maximum Gasteiger partial charge on any atom is 0.472 e. The zero-order valence-electron chi connectivity index (χ0n) is 47.3. The normalized spacial score (nSPS) is 14.1. The first-order valence-electron chi connectivity index (χ1n) is 30.4. The molecule has 3 atom stereocenters. The molecule has 0 aromatic carbocycles. The number of unbranched alkanes of at least 4 members (excludes halogenated alkanes) is 37. The molecule has 70 heavy (non-hydrogen) atoms. The first kappa shape index (κ1) is 68.7. The number of amides is 1. The van der Waals surface area contributed by atoms with E-state index in [1.54, 1.807) is 0 Å². The van der Waals surface area contributed by atoms with Gasteiger partial charge in [-0.05, 0) is 51.4 Å². The van der Waals surface area contributed by atoms with Crippen LogP contribution in [0.5, 0.6) is 0 Å². The van der Waals surface area contributed by atoms with Gasteiger partial charge in [0.25, 0.3) is 0 Å². The Morgan fingerprint density at radius 2 is 0.814 bits per heavy atom. The predicted octanol–water partition coefficient (Wildman–Crippen LogP) is 18.5. The summed E-state index contributed by atoms with van der Waals surface area (Å²) in [4.78, 5) is 23.3. The summed E-state index contributed by atoms with van der Waals surface area (Å²) in [5, 5.41) is 14.0. The van der Waals surface area contributed by atoms with Crippen LogP contribution < -0.4 is 5.32 Å². The molecule has 0 fully saturated rings. The van der Waals surface area contributed by atoms with Gasteiger partial charge in [-0.1, -0.05) is 275 Å². The number of hydrogen-bond acceptors (Lipinski definition) is 5. The second-order valence-corrected chi connectivity index (χ2v) is 23.5. The highest BCUT2D eigenvalue weighted by molar-refractivity contribution is 7.47. The van der Waals surface area contributed by atoms with E-state index in [1.165, 1.54) is 218 Å². The van der Waals surface area contributed by atoms with Gasteiger partial charge in [-0.15, -0.1) is 0 Å². The lowest BCUT2D eigenvalue weighted by Gasteiger charge is -2.26. The number of hydrogen-bond donors (Lipinski definition) is 3. The number of aliphatic hydroxyl groups excluding tert-OH is 1. The largest absolute Gasteiger partial charge is 0.472 e. The Hall–Kier alpha value is -1.28. The molecule has 0 aliphatic carbocycles. The number of nitrogens with one attached hydrogen (secondary N) is 1. The van der Waals surface area contributed by atoms with Gasteiger partial charge in [0.2, 0.25) is 5.91 Å². The van der Waals surface area contributed by atoms with Crippen molar-refractivity contribution in [3.8, 4) is 0 Å². The highest BCUT2D eigenvalue weighted by atomic mass is 31.2. The van der Waals surface area contributed by atoms with Crippen molar-refractivity contribution >= 4 is 13.7 Å². The van der Waals surface area contributed by atoms with Gasteiger partial charge in [0.15, 0.2) is 0 Å². The summed E-state index contributed by atoms with van der Waals surface area (Å²) >= 11 is 0. The van der Waals surface area contributed by atoms with Crippen LogP contribution in [0.4, 0.5) is 0 Å². The van der Waals surface area contributed by atoms with Gasteiger partial charge in [0.1, 0.15) is 13.2 Å². The summed E-state index contributed by atoms with van der Waals surface area (Å²) in [6.45, 7) is 4.90. The molecule has 0 spiro atoms. The molecule has 0 bridgehead atoms. The Morgan fingerprint density at radius 1 is 0.486 bits per heavy atom. The number of phosphoric acid groups is 1. The molecule has 414 valence electrons. The van der Waals surface area contributed by atoms with E-state index >= 15 is 0 Å². The molecular weight excluding hydrogens is 888 g/mol. The number of likely N-dealkylation sites (N-methyl/N-ethyl adjacent to an activating group) is 1. The van der Waals surface area contributed by atoms with Gasteiger partial charge in [0, 0.05) is 6.42 Å². The maximum absolute atomic E-state index is 13.0. The van der Waals surface area contributed by atoms with Crippen LogP contribution in [0, 0.1) is 0 Å². The number of rotatable bonds is 56. The van der Waals surface area contributed by atoms with E-state index in [0.717, 1.165) is 51.4 Å². The zero-order chi connectivity index (χ0) is 51.3. The average Bonchev–Trinajstić information content (AvgIpc) is 3.32. The van der Waals surface area contributed by atoms with Crippen LogP contribution in [0.25, 0.3) is 0 Å². The fraction of sp³-hybridized carbons (Fsp3) is 0.885. The van der Waals surface area contributed by atoms with Crippen molar-refractivity contribution < 1.29 is 32.9 Å². The van der Waals surface area contributed by atoms with Crippen molar-refractivity contribution in [3.05, 3.63) is 36.5 Å². The molecule has 0 aliphatic rings. The molecule has 0 radical (unpaired) electrons. The number of carbonyl (C=O) groups excluding carboxylic acids is 1. The highest BCUT2D eigenvalue weighted by Crippen LogP contribution is 2.43. The summed E-state index contributed by atoms with van der Waals surface area (Å²) in [5.41, 5.74) is 0. The van der Waals surface area contributed by atoms with Crippen LogP contribution in [0.3, 0.4) is 0 Å². The van der Waals surface area contributed by atoms with E-state index in [1.807, 2.05) is 21.1 Å². The van der Waals surface area contributed by atoms with Gasteiger partial charge in [-0.3, -0.25) is 13.8 Å². The third-order valence-electron chi connectivity index (χ3n) is 13.9. The number of phosphoric ester groups is 1. The average molecular weight is 1010 g/mol. The van der Waals surface area contributed by atoms with Crippen LogP contribution in [-0.2, 0) is 18.4 Å². The summed E-state index contributed by atoms with van der Waals surface area (Å²) in [5.74, 6) is -0.140. The van der Waals surface area contributed by atoms with Crippen LogP contribution in [-0.4, -0.2) is 73.4 Å². The first-order chi connectivity index (χ1) is 34.0. The standard InChI is InChI=1S/C61H119N2O6P/c1-6-8-10-12-14-16-18-20-21-22-23-24-25-26-27-28-29-30-31-32-33-34-35-36-37-38-39-40-41-43-45-47-49-51-53-55-61(65)62-59(58-69-70(66,67)68-57-56-63(3,4)5)60(64)54-52-50-48-46-44-42-19-17-15-13-11-9-7-2/h18,20,22-23,25-26,59-60,64H,6-17,19,21,24,27-58H2,1-5H3,(H-,62,65,66,67)/p+1/b20-18-,23-22-,26-25-. The first-order valence-corrected chi connectivity index (χ1v) is 31.8. The van der Waals surface area contributed by atoms with Crippen molar-refractivity contribution in [3.63, 3.8) is 0 Å². The molecule has 0 heterocycles. The number of allylic oxidation sites excluding steroid dienone is 6. The molecule has 1 amide bonds. The van der Waals surface area contributed by atoms with E-state index in [0.29, 0.717) is 23.9 Å². The lowest BCUT2D eigenvalue weighted by Crippen LogP contribution is -2.46. The maximum atomic E-state index is 13.0. The number of nitrogens with zero attached hydrogens (tertiary/aromatic N) is 1. The molecule has 0 aromatic heterocycles. The fourth-order valence-corrected chi connectivity index (χ4v) is 9.85. The van der Waals surface area contributed by atoms with Gasteiger partial charge in [-0.25, -0.2) is 4.57 Å². The minimum Gasteiger partial charge on any atom is -0.391 e. The van der Waals surface area contributed by atoms with E-state index in [4.69, 9.17) is 9.05 Å². The molecule has 0 saturated heterocycles. The molecule has 8 nitrogen and oxygen atoms in total. The third kappa shape index (κ3) is 54.5. The van der Waals surface area contributed by atoms with E-state index in [2.05, 4.69) is 55.6 Å². The van der Waals surface area contributed by atoms with E-state index in [9.17, 15) is 19.4 Å². The Labute approximate surface area is 436 Å². The fourth-order valence-electron chi connectivity index (χ4n) is 9.12. The molecular formula is C61H120N2O6P+. The van der Waals surface area contributed by atoms with Crippen molar-refractivity contribution in [2.45, 2.75) is 309 Å². The predicted molar refractivity (Wildman–Crippen MR) is 304 cm³/mol. The van der Waals surface area contributed by atoms with Gasteiger partial charge in [-0.2, -0.15) is 0 Å². The lowest BCUT2D eigenvalue weighted by molar-refractivity contribution is -0.870. The molecule has 0 saturated carbocycles. The Bertz CT molecular complexity index is 1230. The second kappa shape index (κ2) is 52.6. The molecule has 3 unspecified atom stereocenters. The monoisotopic (exact) mass is 1010 g/mol. The summed E-state index contributed by atoms with van der Waals surface area (Å²) in [7, 11) is 1.63. The highest BCUT2D eigenvalue weighted by Gasteiger charge is 2.28. The molecule has 0 aliphatic heterocycles. The summed E-state index contributed by atoms with van der Waals surface area (Å²) < 4.78 is 23.7. The summed E-state index contributed by atoms with van der Waals surface area (Å²) in [6, 6.07) is -0.758. The van der Waals surface area contributed by atoms with Crippen molar-refractivity contribution in [2.75, 3.05) is 40.9 Å².